The van der Waals surface area contributed by atoms with E-state index < -0.39 is 17.1 Å². The Labute approximate surface area is 129 Å². The number of nitrogens with two attached hydrogens (primary N) is 1. The number of non-ortho nitro benzene ring substituents is 1. The molecule has 2 rings (SSSR count). The van der Waals surface area contributed by atoms with Crippen LogP contribution in [0.1, 0.15) is 17.2 Å². The molecule has 0 aliphatic carbocycles. The van der Waals surface area contributed by atoms with Crippen LogP contribution >= 0.6 is 0 Å². The highest BCUT2D eigenvalue weighted by molar-refractivity contribution is 5.34. The Morgan fingerprint density at radius 3 is 2.39 bits per heavy atom. The number of alkyl halides is 3. The first-order valence-electron chi connectivity index (χ1n) is 6.56. The lowest BCUT2D eigenvalue weighted by Gasteiger charge is -2.16. The van der Waals surface area contributed by atoms with E-state index in [0.717, 1.165) is 0 Å². The summed E-state index contributed by atoms with van der Waals surface area (Å²) >= 11 is 0. The predicted octanol–water partition coefficient (Wildman–Crippen LogP) is 3.74. The van der Waals surface area contributed by atoms with Gasteiger partial charge in [0.05, 0.1) is 4.92 Å². The van der Waals surface area contributed by atoms with Gasteiger partial charge < -0.3 is 10.5 Å². The van der Waals surface area contributed by atoms with Gasteiger partial charge in [-0.15, -0.1) is 0 Å². The van der Waals surface area contributed by atoms with Crippen molar-refractivity contribution in [3.63, 3.8) is 0 Å². The number of ether oxygens (including phenoxy) is 1. The zero-order valence-electron chi connectivity index (χ0n) is 11.8. The van der Waals surface area contributed by atoms with Gasteiger partial charge in [0.1, 0.15) is 18.4 Å². The Bertz CT molecular complexity index is 687. The smallest absolute Gasteiger partial charge is 0.407 e. The highest BCUT2D eigenvalue weighted by atomic mass is 19.4. The van der Waals surface area contributed by atoms with E-state index in [1.807, 2.05) is 0 Å². The van der Waals surface area contributed by atoms with Gasteiger partial charge in [-0.2, -0.15) is 13.2 Å². The number of nitrogens with zero attached hydrogens (tertiary/aromatic N) is 1. The monoisotopic (exact) mass is 326 g/mol. The summed E-state index contributed by atoms with van der Waals surface area (Å²) in [6.45, 7) is 0.0721. The molecule has 0 radical (unpaired) electrons. The van der Waals surface area contributed by atoms with Gasteiger partial charge in [0.25, 0.3) is 5.69 Å². The van der Waals surface area contributed by atoms with Crippen molar-refractivity contribution in [3.05, 3.63) is 69.8 Å². The molecule has 0 saturated heterocycles. The molecule has 5 nitrogen and oxygen atoms in total. The lowest BCUT2D eigenvalue weighted by atomic mass is 10.1. The van der Waals surface area contributed by atoms with Crippen molar-refractivity contribution in [2.75, 3.05) is 0 Å². The molecule has 2 N–H and O–H groups in total. The molecular weight excluding hydrogens is 313 g/mol. The van der Waals surface area contributed by atoms with Crippen molar-refractivity contribution in [2.24, 2.45) is 5.73 Å². The van der Waals surface area contributed by atoms with Crippen molar-refractivity contribution < 1.29 is 22.8 Å². The molecule has 0 aliphatic rings. The lowest BCUT2D eigenvalue weighted by Crippen LogP contribution is -2.28. The fraction of sp³-hybridized carbons (Fsp3) is 0.200. The van der Waals surface area contributed by atoms with E-state index >= 15 is 0 Å². The molecule has 0 heterocycles. The summed E-state index contributed by atoms with van der Waals surface area (Å²) < 4.78 is 43.2. The van der Waals surface area contributed by atoms with Gasteiger partial charge in [0.2, 0.25) is 0 Å². The van der Waals surface area contributed by atoms with E-state index in [9.17, 15) is 23.3 Å². The molecule has 0 amide bonds. The molecule has 0 unspecified atom stereocenters. The summed E-state index contributed by atoms with van der Waals surface area (Å²) in [6.07, 6.45) is -4.53. The number of halogens is 3. The minimum atomic E-state index is -4.53. The summed E-state index contributed by atoms with van der Waals surface area (Å²) in [5.41, 5.74) is 5.66. The number of hydrogen-bond donors (Lipinski definition) is 1. The zero-order valence-corrected chi connectivity index (χ0v) is 11.8. The van der Waals surface area contributed by atoms with Crippen LogP contribution in [0.2, 0.25) is 0 Å². The summed E-state index contributed by atoms with van der Waals surface area (Å²) in [5, 5.41) is 10.5. The van der Waals surface area contributed by atoms with Gasteiger partial charge in [-0.1, -0.05) is 12.1 Å². The molecular formula is C15H13F3N2O3. The van der Waals surface area contributed by atoms with Gasteiger partial charge in [-0.25, -0.2) is 0 Å². The number of nitro groups is 1. The zero-order chi connectivity index (χ0) is 17.0. The number of rotatable bonds is 5. The van der Waals surface area contributed by atoms with Crippen molar-refractivity contribution in [2.45, 2.75) is 18.8 Å². The third-order valence-corrected chi connectivity index (χ3v) is 3.12. The number of nitro benzene ring substituents is 1. The summed E-state index contributed by atoms with van der Waals surface area (Å²) in [7, 11) is 0. The first-order chi connectivity index (χ1) is 10.8. The van der Waals surface area contributed by atoms with Crippen LogP contribution < -0.4 is 10.5 Å². The van der Waals surface area contributed by atoms with E-state index in [1.165, 1.54) is 48.5 Å². The van der Waals surface area contributed by atoms with Crippen LogP contribution in [0.5, 0.6) is 5.75 Å². The van der Waals surface area contributed by atoms with E-state index in [2.05, 4.69) is 0 Å². The Hall–Kier alpha value is -2.61. The van der Waals surface area contributed by atoms with Crippen LogP contribution in [-0.4, -0.2) is 11.1 Å². The van der Waals surface area contributed by atoms with E-state index in [-0.39, 0.29) is 23.6 Å². The van der Waals surface area contributed by atoms with Gasteiger partial charge in [0, 0.05) is 12.1 Å². The van der Waals surface area contributed by atoms with Crippen LogP contribution in [0.3, 0.4) is 0 Å². The molecule has 1 atom stereocenters. The molecule has 0 aromatic heterocycles. The third-order valence-electron chi connectivity index (χ3n) is 3.12. The molecule has 2 aromatic carbocycles. The molecule has 8 heteroatoms. The third kappa shape index (κ3) is 4.43. The highest BCUT2D eigenvalue weighted by Crippen LogP contribution is 2.31. The average molecular weight is 326 g/mol. The Balaban J connectivity index is 2.05. The van der Waals surface area contributed by atoms with Gasteiger partial charge >= 0.3 is 6.18 Å². The maximum Gasteiger partial charge on any atom is 0.407 e. The minimum Gasteiger partial charge on any atom is -0.489 e. The van der Waals surface area contributed by atoms with Crippen LogP contribution in [0.4, 0.5) is 18.9 Å². The first kappa shape index (κ1) is 16.8. The predicted molar refractivity (Wildman–Crippen MR) is 76.9 cm³/mol. The molecule has 0 aliphatic heterocycles. The molecule has 0 saturated carbocycles. The van der Waals surface area contributed by atoms with E-state index in [1.54, 1.807) is 0 Å². The molecule has 0 fully saturated rings. The second kappa shape index (κ2) is 6.66. The second-order valence-corrected chi connectivity index (χ2v) is 4.80. The molecule has 0 spiro atoms. The quantitative estimate of drug-likeness (QED) is 0.670. The molecule has 2 aromatic rings. The molecule has 122 valence electrons. The Morgan fingerprint density at radius 1 is 1.17 bits per heavy atom. The summed E-state index contributed by atoms with van der Waals surface area (Å²) in [4.78, 5) is 10.0. The van der Waals surface area contributed by atoms with E-state index in [4.69, 9.17) is 10.5 Å². The standard InChI is InChI=1S/C15H13F3N2O3/c16-15(17,18)14(19)11-2-1-3-13(8-11)23-9-10-4-6-12(7-5-10)20(21)22/h1-8,14H,9,19H2/t14-/m0/s1. The highest BCUT2D eigenvalue weighted by Gasteiger charge is 2.37. The van der Waals surface area contributed by atoms with Crippen LogP contribution in [-0.2, 0) is 6.61 Å². The minimum absolute atomic E-state index is 0.0492. The van der Waals surface area contributed by atoms with Crippen molar-refractivity contribution in [3.8, 4) is 5.75 Å². The number of hydrogen-bond acceptors (Lipinski definition) is 4. The van der Waals surface area contributed by atoms with Crippen molar-refractivity contribution in [1.82, 2.24) is 0 Å². The summed E-state index contributed by atoms with van der Waals surface area (Å²) in [5.74, 6) is 0.237. The van der Waals surface area contributed by atoms with Gasteiger partial charge in [0.15, 0.2) is 0 Å². The van der Waals surface area contributed by atoms with Crippen molar-refractivity contribution >= 4 is 5.69 Å². The molecule has 0 bridgehead atoms. The normalized spacial score (nSPS) is 12.7. The topological polar surface area (TPSA) is 78.4 Å². The largest absolute Gasteiger partial charge is 0.489 e. The van der Waals surface area contributed by atoms with Crippen LogP contribution in [0.15, 0.2) is 48.5 Å². The fourth-order valence-corrected chi connectivity index (χ4v) is 1.87. The molecule has 23 heavy (non-hydrogen) atoms. The average Bonchev–Trinajstić information content (AvgIpc) is 2.52. The Kier molecular flexibility index (Phi) is 4.85. The first-order valence-corrected chi connectivity index (χ1v) is 6.56. The van der Waals surface area contributed by atoms with Gasteiger partial charge in [-0.05, 0) is 35.4 Å². The van der Waals surface area contributed by atoms with Crippen LogP contribution in [0.25, 0.3) is 0 Å². The summed E-state index contributed by atoms with van der Waals surface area (Å²) in [6, 6.07) is 9.05. The SMILES string of the molecule is N[C@@H](c1cccc(OCc2ccc([N+](=O)[O-])cc2)c1)C(F)(F)F. The van der Waals surface area contributed by atoms with E-state index in [0.29, 0.717) is 5.56 Å². The fourth-order valence-electron chi connectivity index (χ4n) is 1.87. The maximum absolute atomic E-state index is 12.6. The number of benzene rings is 2. The van der Waals surface area contributed by atoms with Gasteiger partial charge in [-0.3, -0.25) is 10.1 Å². The second-order valence-electron chi connectivity index (χ2n) is 4.80. The van der Waals surface area contributed by atoms with Crippen molar-refractivity contribution in [1.29, 1.82) is 0 Å². The van der Waals surface area contributed by atoms with Crippen LogP contribution in [0, 0.1) is 10.1 Å². The lowest BCUT2D eigenvalue weighted by molar-refractivity contribution is -0.384. The Morgan fingerprint density at radius 2 is 1.83 bits per heavy atom. The maximum atomic E-state index is 12.6.